The Kier molecular flexibility index (Phi) is 6.48. The summed E-state index contributed by atoms with van der Waals surface area (Å²) in [4.78, 5) is 11.3. The molecule has 25 heavy (non-hydrogen) atoms. The van der Waals surface area contributed by atoms with Crippen LogP contribution in [0.15, 0.2) is 47.7 Å². The average Bonchev–Trinajstić information content (AvgIpc) is 2.91. The topological polar surface area (TPSA) is 59.4 Å². The van der Waals surface area contributed by atoms with Crippen molar-refractivity contribution in [2.75, 3.05) is 13.1 Å². The smallest absolute Gasteiger partial charge is 0.191 e. The van der Waals surface area contributed by atoms with Crippen molar-refractivity contribution in [3.05, 3.63) is 54.1 Å². The van der Waals surface area contributed by atoms with Gasteiger partial charge < -0.3 is 15.2 Å². The van der Waals surface area contributed by atoms with Crippen molar-refractivity contribution in [1.82, 2.24) is 14.5 Å². The van der Waals surface area contributed by atoms with E-state index < -0.39 is 0 Å². The molecule has 0 saturated carbocycles. The zero-order chi connectivity index (χ0) is 17.3. The molecule has 5 nitrogen and oxygen atoms in total. The molecule has 0 aliphatic carbocycles. The summed E-state index contributed by atoms with van der Waals surface area (Å²) in [6, 6.07) is 10.6. The highest BCUT2D eigenvalue weighted by molar-refractivity contribution is 5.78. The number of likely N-dealkylation sites (tertiary alicyclic amines) is 1. The van der Waals surface area contributed by atoms with Crippen LogP contribution in [0, 0.1) is 0 Å². The monoisotopic (exact) mass is 339 g/mol. The highest BCUT2D eigenvalue weighted by Crippen LogP contribution is 2.10. The van der Waals surface area contributed by atoms with Crippen molar-refractivity contribution in [3.8, 4) is 0 Å². The van der Waals surface area contributed by atoms with E-state index in [2.05, 4.69) is 49.8 Å². The minimum absolute atomic E-state index is 0.556. The van der Waals surface area contributed by atoms with Crippen LogP contribution in [0.2, 0.25) is 0 Å². The standard InChI is InChI=1S/C20H29N5/c21-20(25-13-6-1-2-7-14-25)23-17-19-22-12-16-24(19)15-8-11-18-9-4-3-5-10-18/h3-5,9-10,12,16H,1-2,6-8,11,13-15,17H2,(H2,21,23). The molecule has 1 fully saturated rings. The van der Waals surface area contributed by atoms with Gasteiger partial charge in [0, 0.05) is 32.0 Å². The molecule has 5 heteroatoms. The lowest BCUT2D eigenvalue weighted by Crippen LogP contribution is -2.38. The van der Waals surface area contributed by atoms with E-state index in [9.17, 15) is 0 Å². The minimum Gasteiger partial charge on any atom is -0.370 e. The predicted molar refractivity (Wildman–Crippen MR) is 102 cm³/mol. The summed E-state index contributed by atoms with van der Waals surface area (Å²) in [5, 5.41) is 0. The molecule has 0 amide bonds. The maximum Gasteiger partial charge on any atom is 0.191 e. The number of nitrogens with two attached hydrogens (primary N) is 1. The van der Waals surface area contributed by atoms with E-state index in [0.717, 1.165) is 38.3 Å². The first-order chi connectivity index (χ1) is 12.3. The summed E-state index contributed by atoms with van der Waals surface area (Å²) in [5.74, 6) is 1.66. The summed E-state index contributed by atoms with van der Waals surface area (Å²) in [6.45, 7) is 3.58. The van der Waals surface area contributed by atoms with Crippen LogP contribution in [0.1, 0.15) is 43.5 Å². The van der Waals surface area contributed by atoms with E-state index in [4.69, 9.17) is 5.73 Å². The Morgan fingerprint density at radius 3 is 2.60 bits per heavy atom. The molecular weight excluding hydrogens is 310 g/mol. The molecular formula is C20H29N5. The van der Waals surface area contributed by atoms with Crippen LogP contribution in [-0.4, -0.2) is 33.5 Å². The zero-order valence-electron chi connectivity index (χ0n) is 15.0. The Labute approximate surface area is 150 Å². The van der Waals surface area contributed by atoms with Gasteiger partial charge in [-0.3, -0.25) is 0 Å². The van der Waals surface area contributed by atoms with E-state index in [1.165, 1.54) is 31.2 Å². The first-order valence-electron chi connectivity index (χ1n) is 9.42. The number of benzene rings is 1. The van der Waals surface area contributed by atoms with Gasteiger partial charge in [0.25, 0.3) is 0 Å². The van der Waals surface area contributed by atoms with Crippen LogP contribution in [0.3, 0.4) is 0 Å². The number of nitrogens with zero attached hydrogens (tertiary/aromatic N) is 4. The van der Waals surface area contributed by atoms with Gasteiger partial charge in [0.05, 0.1) is 0 Å². The maximum absolute atomic E-state index is 6.20. The number of aliphatic imine (C=N–C) groups is 1. The van der Waals surface area contributed by atoms with Crippen LogP contribution < -0.4 is 5.73 Å². The highest BCUT2D eigenvalue weighted by atomic mass is 15.3. The maximum atomic E-state index is 6.20. The lowest BCUT2D eigenvalue weighted by Gasteiger charge is -2.21. The SMILES string of the molecule is NC(=NCc1nccn1CCCc1ccccc1)N1CCCCCC1. The van der Waals surface area contributed by atoms with Crippen molar-refractivity contribution in [2.24, 2.45) is 10.7 Å². The molecule has 1 aliphatic rings. The van der Waals surface area contributed by atoms with Gasteiger partial charge in [0.15, 0.2) is 5.96 Å². The normalized spacial score (nSPS) is 16.0. The van der Waals surface area contributed by atoms with Gasteiger partial charge in [-0.15, -0.1) is 0 Å². The van der Waals surface area contributed by atoms with E-state index >= 15 is 0 Å². The summed E-state index contributed by atoms with van der Waals surface area (Å²) in [5.41, 5.74) is 7.58. The number of guanidine groups is 1. The van der Waals surface area contributed by atoms with Crippen LogP contribution in [0.5, 0.6) is 0 Å². The lowest BCUT2D eigenvalue weighted by molar-refractivity contribution is 0.428. The fourth-order valence-corrected chi connectivity index (χ4v) is 3.34. The summed E-state index contributed by atoms with van der Waals surface area (Å²) < 4.78 is 2.20. The second-order valence-corrected chi connectivity index (χ2v) is 6.70. The molecule has 0 spiro atoms. The summed E-state index contributed by atoms with van der Waals surface area (Å²) in [6.07, 6.45) is 11.1. The van der Waals surface area contributed by atoms with E-state index in [1.54, 1.807) is 0 Å². The molecule has 1 aliphatic heterocycles. The third-order valence-corrected chi connectivity index (χ3v) is 4.82. The fourth-order valence-electron chi connectivity index (χ4n) is 3.34. The van der Waals surface area contributed by atoms with Gasteiger partial charge in [0.2, 0.25) is 0 Å². The van der Waals surface area contributed by atoms with Gasteiger partial charge in [0.1, 0.15) is 12.4 Å². The van der Waals surface area contributed by atoms with Gasteiger partial charge >= 0.3 is 0 Å². The van der Waals surface area contributed by atoms with Gasteiger partial charge in [-0.25, -0.2) is 9.98 Å². The minimum atomic E-state index is 0.556. The van der Waals surface area contributed by atoms with Crippen LogP contribution >= 0.6 is 0 Å². The lowest BCUT2D eigenvalue weighted by atomic mass is 10.1. The third kappa shape index (κ3) is 5.34. The molecule has 1 aromatic heterocycles. The summed E-state index contributed by atoms with van der Waals surface area (Å²) >= 11 is 0. The number of aromatic nitrogens is 2. The quantitative estimate of drug-likeness (QED) is 0.649. The molecule has 0 atom stereocenters. The molecule has 2 N–H and O–H groups in total. The molecule has 3 rings (SSSR count). The average molecular weight is 339 g/mol. The van der Waals surface area contributed by atoms with Crippen LogP contribution in [0.25, 0.3) is 0 Å². The number of rotatable bonds is 6. The highest BCUT2D eigenvalue weighted by Gasteiger charge is 2.11. The van der Waals surface area contributed by atoms with Crippen molar-refractivity contribution < 1.29 is 0 Å². The van der Waals surface area contributed by atoms with Crippen LogP contribution in [0.4, 0.5) is 0 Å². The molecule has 2 aromatic rings. The zero-order valence-corrected chi connectivity index (χ0v) is 15.0. The molecule has 0 bridgehead atoms. The number of hydrogen-bond donors (Lipinski definition) is 1. The van der Waals surface area contributed by atoms with Crippen LogP contribution in [-0.2, 0) is 19.5 Å². The Bertz CT molecular complexity index is 654. The third-order valence-electron chi connectivity index (χ3n) is 4.82. The molecule has 0 radical (unpaired) electrons. The molecule has 1 aromatic carbocycles. The van der Waals surface area contributed by atoms with E-state index in [1.807, 2.05) is 12.4 Å². The molecule has 134 valence electrons. The van der Waals surface area contributed by atoms with Crippen molar-refractivity contribution in [1.29, 1.82) is 0 Å². The molecule has 2 heterocycles. The first-order valence-corrected chi connectivity index (χ1v) is 9.42. The Balaban J connectivity index is 1.51. The van der Waals surface area contributed by atoms with Crippen molar-refractivity contribution in [2.45, 2.75) is 51.6 Å². The first kappa shape index (κ1) is 17.5. The van der Waals surface area contributed by atoms with Crippen molar-refractivity contribution in [3.63, 3.8) is 0 Å². The van der Waals surface area contributed by atoms with Gasteiger partial charge in [-0.1, -0.05) is 43.2 Å². The summed E-state index contributed by atoms with van der Waals surface area (Å²) in [7, 11) is 0. The Morgan fingerprint density at radius 2 is 1.84 bits per heavy atom. The molecule has 1 saturated heterocycles. The second-order valence-electron chi connectivity index (χ2n) is 6.70. The van der Waals surface area contributed by atoms with E-state index in [0.29, 0.717) is 12.5 Å². The Hall–Kier alpha value is -2.30. The molecule has 0 unspecified atom stereocenters. The predicted octanol–water partition coefficient (Wildman–Crippen LogP) is 3.21. The number of aryl methyl sites for hydroxylation is 2. The fraction of sp³-hybridized carbons (Fsp3) is 0.500. The van der Waals surface area contributed by atoms with Crippen molar-refractivity contribution >= 4 is 5.96 Å². The van der Waals surface area contributed by atoms with E-state index in [-0.39, 0.29) is 0 Å². The number of imidazole rings is 1. The number of hydrogen-bond acceptors (Lipinski definition) is 2. The largest absolute Gasteiger partial charge is 0.370 e. The van der Waals surface area contributed by atoms with Gasteiger partial charge in [-0.2, -0.15) is 0 Å². The second kappa shape index (κ2) is 9.25. The van der Waals surface area contributed by atoms with Gasteiger partial charge in [-0.05, 0) is 31.2 Å². The Morgan fingerprint density at radius 1 is 1.08 bits per heavy atom.